The normalized spacial score (nSPS) is 13.7. The molecule has 0 saturated carbocycles. The van der Waals surface area contributed by atoms with Gasteiger partial charge >= 0.3 is 0 Å². The number of nitrogens with zero attached hydrogens (tertiary/aromatic N) is 4. The number of hydrogen-bond acceptors (Lipinski definition) is 8. The Morgan fingerprint density at radius 1 is 0.903 bits per heavy atom. The average Bonchev–Trinajstić information content (AvgIpc) is 2.77. The lowest BCUT2D eigenvalue weighted by molar-refractivity contribution is 0.100. The minimum absolute atomic E-state index is 0.398. The van der Waals surface area contributed by atoms with Crippen LogP contribution in [0.2, 0.25) is 0 Å². The number of hydrogen-bond donors (Lipinski definition) is 3. The van der Waals surface area contributed by atoms with Gasteiger partial charge in [-0.2, -0.15) is 15.0 Å². The van der Waals surface area contributed by atoms with E-state index in [2.05, 4.69) is 56.5 Å². The number of aromatic nitrogens is 3. The molecule has 31 heavy (non-hydrogen) atoms. The number of nitrogens with two attached hydrogens (primary N) is 1. The highest BCUT2D eigenvalue weighted by Crippen LogP contribution is 2.22. The van der Waals surface area contributed by atoms with Crippen molar-refractivity contribution in [1.82, 2.24) is 15.0 Å². The summed E-state index contributed by atoms with van der Waals surface area (Å²) in [5.41, 5.74) is 9.79. The number of carbonyl (C=O) groups is 1. The summed E-state index contributed by atoms with van der Waals surface area (Å²) in [6.45, 7) is 6.81. The maximum atomic E-state index is 11.3. The maximum Gasteiger partial charge on any atom is 0.248 e. The molecule has 1 aromatic heterocycles. The predicted molar refractivity (Wildman–Crippen MR) is 120 cm³/mol. The third-order valence-corrected chi connectivity index (χ3v) is 5.11. The van der Waals surface area contributed by atoms with Crippen LogP contribution in [0.5, 0.6) is 0 Å². The Bertz CT molecular complexity index is 1080. The highest BCUT2D eigenvalue weighted by atomic mass is 16.5. The Balaban J connectivity index is 1.63. The number of ether oxygens (including phenoxy) is 1. The molecule has 1 amide bonds. The van der Waals surface area contributed by atoms with Gasteiger partial charge < -0.3 is 26.0 Å². The van der Waals surface area contributed by atoms with Crippen LogP contribution in [0.4, 0.5) is 29.2 Å². The third kappa shape index (κ3) is 5.07. The number of primary amides is 1. The second kappa shape index (κ2) is 8.97. The molecule has 0 aliphatic carbocycles. The first kappa shape index (κ1) is 20.5. The molecule has 0 radical (unpaired) electrons. The molecule has 2 heterocycles. The molecule has 3 aromatic rings. The number of rotatable bonds is 6. The molecule has 1 aliphatic rings. The number of amides is 1. The smallest absolute Gasteiger partial charge is 0.248 e. The standard InChI is InChI=1S/C22H25N7O2/c1-14-3-6-18(13-15(14)2)25-21-26-20(24-17-7-4-16(5-8-17)19(23)30)27-22(28-21)29-9-11-31-12-10-29/h3-8,13H,9-12H2,1-2H3,(H2,23,30)(H2,24,25,26,27,28). The SMILES string of the molecule is Cc1ccc(Nc2nc(Nc3ccc(C(N)=O)cc3)nc(N3CCOCC3)n2)cc1C. The molecule has 0 bridgehead atoms. The van der Waals surface area contributed by atoms with Gasteiger partial charge in [-0.15, -0.1) is 0 Å². The lowest BCUT2D eigenvalue weighted by Crippen LogP contribution is -2.37. The molecule has 0 unspecified atom stereocenters. The predicted octanol–water partition coefficient (Wildman–Crippen LogP) is 2.91. The highest BCUT2D eigenvalue weighted by molar-refractivity contribution is 5.93. The largest absolute Gasteiger partial charge is 0.378 e. The molecule has 160 valence electrons. The zero-order chi connectivity index (χ0) is 21.8. The van der Waals surface area contributed by atoms with Gasteiger partial charge in [-0.25, -0.2) is 0 Å². The fourth-order valence-electron chi connectivity index (χ4n) is 3.18. The van der Waals surface area contributed by atoms with Gasteiger partial charge in [0.15, 0.2) is 0 Å². The number of carbonyl (C=O) groups excluding carboxylic acids is 1. The van der Waals surface area contributed by atoms with Gasteiger partial charge in [0.05, 0.1) is 13.2 Å². The van der Waals surface area contributed by atoms with E-state index in [1.807, 2.05) is 6.07 Å². The molecule has 0 spiro atoms. The highest BCUT2D eigenvalue weighted by Gasteiger charge is 2.17. The van der Waals surface area contributed by atoms with Crippen molar-refractivity contribution in [3.05, 3.63) is 59.2 Å². The minimum Gasteiger partial charge on any atom is -0.378 e. The third-order valence-electron chi connectivity index (χ3n) is 5.11. The second-order valence-electron chi connectivity index (χ2n) is 7.37. The summed E-state index contributed by atoms with van der Waals surface area (Å²) in [7, 11) is 0. The van der Waals surface area contributed by atoms with E-state index < -0.39 is 5.91 Å². The molecule has 1 saturated heterocycles. The molecule has 4 rings (SSSR count). The number of aryl methyl sites for hydroxylation is 2. The van der Waals surface area contributed by atoms with Crippen molar-refractivity contribution in [3.63, 3.8) is 0 Å². The van der Waals surface area contributed by atoms with Crippen molar-refractivity contribution >= 4 is 35.1 Å². The van der Waals surface area contributed by atoms with Crippen LogP contribution in [0.25, 0.3) is 0 Å². The lowest BCUT2D eigenvalue weighted by atomic mass is 10.1. The summed E-state index contributed by atoms with van der Waals surface area (Å²) >= 11 is 0. The van der Waals surface area contributed by atoms with Crippen LogP contribution in [0.3, 0.4) is 0 Å². The van der Waals surface area contributed by atoms with E-state index in [-0.39, 0.29) is 0 Å². The van der Waals surface area contributed by atoms with Gasteiger partial charge in [-0.1, -0.05) is 6.07 Å². The van der Waals surface area contributed by atoms with Crippen LogP contribution in [0.15, 0.2) is 42.5 Å². The zero-order valence-corrected chi connectivity index (χ0v) is 17.6. The van der Waals surface area contributed by atoms with E-state index in [0.29, 0.717) is 49.7 Å². The Morgan fingerprint density at radius 2 is 1.52 bits per heavy atom. The quantitative estimate of drug-likeness (QED) is 0.558. The molecular weight excluding hydrogens is 394 g/mol. The zero-order valence-electron chi connectivity index (χ0n) is 17.6. The molecule has 2 aromatic carbocycles. The minimum atomic E-state index is -0.471. The van der Waals surface area contributed by atoms with Crippen molar-refractivity contribution < 1.29 is 9.53 Å². The van der Waals surface area contributed by atoms with Crippen LogP contribution in [0, 0.1) is 13.8 Å². The van der Waals surface area contributed by atoms with Crippen LogP contribution >= 0.6 is 0 Å². The lowest BCUT2D eigenvalue weighted by Gasteiger charge is -2.27. The fourth-order valence-corrected chi connectivity index (χ4v) is 3.18. The molecule has 0 atom stereocenters. The van der Waals surface area contributed by atoms with Crippen molar-refractivity contribution in [2.75, 3.05) is 41.8 Å². The van der Waals surface area contributed by atoms with E-state index in [4.69, 9.17) is 10.5 Å². The van der Waals surface area contributed by atoms with Crippen molar-refractivity contribution in [3.8, 4) is 0 Å². The van der Waals surface area contributed by atoms with E-state index in [1.54, 1.807) is 24.3 Å². The second-order valence-corrected chi connectivity index (χ2v) is 7.37. The van der Waals surface area contributed by atoms with Crippen molar-refractivity contribution in [1.29, 1.82) is 0 Å². The van der Waals surface area contributed by atoms with Crippen LogP contribution in [-0.4, -0.2) is 47.2 Å². The average molecular weight is 419 g/mol. The topological polar surface area (TPSA) is 118 Å². The molecule has 1 aliphatic heterocycles. The molecule has 4 N–H and O–H groups in total. The Kier molecular flexibility index (Phi) is 5.94. The van der Waals surface area contributed by atoms with E-state index in [9.17, 15) is 4.79 Å². The van der Waals surface area contributed by atoms with Crippen LogP contribution in [-0.2, 0) is 4.74 Å². The summed E-state index contributed by atoms with van der Waals surface area (Å²) in [5, 5.41) is 6.46. The molecule has 9 nitrogen and oxygen atoms in total. The first-order valence-corrected chi connectivity index (χ1v) is 10.1. The van der Waals surface area contributed by atoms with Gasteiger partial charge in [0.1, 0.15) is 0 Å². The maximum absolute atomic E-state index is 11.3. The first-order valence-electron chi connectivity index (χ1n) is 10.1. The summed E-state index contributed by atoms with van der Waals surface area (Å²) in [6.07, 6.45) is 0. The van der Waals surface area contributed by atoms with Gasteiger partial charge in [0.25, 0.3) is 0 Å². The van der Waals surface area contributed by atoms with Crippen molar-refractivity contribution in [2.45, 2.75) is 13.8 Å². The number of anilines is 5. The summed E-state index contributed by atoms with van der Waals surface area (Å²) in [6, 6.07) is 12.9. The van der Waals surface area contributed by atoms with Gasteiger partial charge in [0, 0.05) is 30.0 Å². The number of benzene rings is 2. The monoisotopic (exact) mass is 419 g/mol. The van der Waals surface area contributed by atoms with E-state index in [0.717, 1.165) is 11.4 Å². The van der Waals surface area contributed by atoms with Crippen LogP contribution < -0.4 is 21.3 Å². The van der Waals surface area contributed by atoms with Gasteiger partial charge in [0.2, 0.25) is 23.8 Å². The molecular formula is C22H25N7O2. The van der Waals surface area contributed by atoms with E-state index in [1.165, 1.54) is 11.1 Å². The fraction of sp³-hybridized carbons (Fsp3) is 0.273. The Morgan fingerprint density at radius 3 is 2.13 bits per heavy atom. The number of morpholine rings is 1. The summed E-state index contributed by atoms with van der Waals surface area (Å²) in [5.74, 6) is 0.938. The number of nitrogens with one attached hydrogen (secondary N) is 2. The molecule has 9 heteroatoms. The van der Waals surface area contributed by atoms with Crippen molar-refractivity contribution in [2.24, 2.45) is 5.73 Å². The van der Waals surface area contributed by atoms with E-state index >= 15 is 0 Å². The Labute approximate surface area is 180 Å². The van der Waals surface area contributed by atoms with Gasteiger partial charge in [-0.3, -0.25) is 4.79 Å². The molecule has 1 fully saturated rings. The summed E-state index contributed by atoms with van der Waals surface area (Å²) < 4.78 is 5.45. The van der Waals surface area contributed by atoms with Crippen LogP contribution in [0.1, 0.15) is 21.5 Å². The first-order chi connectivity index (χ1) is 15.0. The van der Waals surface area contributed by atoms with Gasteiger partial charge in [-0.05, 0) is 61.4 Å². The Hall–Kier alpha value is -3.72. The summed E-state index contributed by atoms with van der Waals surface area (Å²) in [4.78, 5) is 27.1.